The lowest BCUT2D eigenvalue weighted by Gasteiger charge is -2.08. The summed E-state index contributed by atoms with van der Waals surface area (Å²) in [4.78, 5) is 26.5. The molecular formula is C10H14ClN3O2. The molecule has 0 aromatic carbocycles. The molecule has 1 rings (SSSR count). The lowest BCUT2D eigenvalue weighted by Crippen LogP contribution is -2.24. The largest absolute Gasteiger partial charge is 0.359 e. The number of hydrogen-bond donors (Lipinski definition) is 1. The first kappa shape index (κ1) is 12.7. The summed E-state index contributed by atoms with van der Waals surface area (Å²) in [6.45, 7) is 2.19. The average molecular weight is 244 g/mol. The van der Waals surface area contributed by atoms with Crippen LogP contribution in [-0.2, 0) is 11.3 Å². The summed E-state index contributed by atoms with van der Waals surface area (Å²) in [7, 11) is 1.59. The van der Waals surface area contributed by atoms with Crippen LogP contribution >= 0.6 is 11.6 Å². The Bertz CT molecular complexity index is 442. The number of rotatable bonds is 4. The molecule has 0 bridgehead atoms. The lowest BCUT2D eigenvalue weighted by molar-refractivity contribution is -0.120. The monoisotopic (exact) mass is 243 g/mol. The highest BCUT2D eigenvalue weighted by atomic mass is 35.5. The van der Waals surface area contributed by atoms with Crippen molar-refractivity contribution in [3.05, 3.63) is 27.4 Å². The van der Waals surface area contributed by atoms with Gasteiger partial charge in [0.1, 0.15) is 11.0 Å². The summed E-state index contributed by atoms with van der Waals surface area (Å²) >= 11 is 5.64. The van der Waals surface area contributed by atoms with Gasteiger partial charge in [-0.15, -0.1) is 0 Å². The maximum atomic E-state index is 11.5. The summed E-state index contributed by atoms with van der Waals surface area (Å²) in [5.74, 6) is 0.530. The first-order valence-electron chi connectivity index (χ1n) is 4.99. The molecule has 1 heterocycles. The van der Waals surface area contributed by atoms with Gasteiger partial charge >= 0.3 is 0 Å². The van der Waals surface area contributed by atoms with Crippen molar-refractivity contribution in [1.29, 1.82) is 0 Å². The van der Waals surface area contributed by atoms with Crippen molar-refractivity contribution in [2.24, 2.45) is 0 Å². The Hall–Kier alpha value is -1.36. The molecule has 6 heteroatoms. The van der Waals surface area contributed by atoms with Crippen molar-refractivity contribution in [2.45, 2.75) is 26.3 Å². The van der Waals surface area contributed by atoms with Crippen LogP contribution in [0, 0.1) is 6.92 Å². The van der Waals surface area contributed by atoms with E-state index in [-0.39, 0.29) is 16.6 Å². The molecule has 0 saturated carbocycles. The predicted molar refractivity (Wildman–Crippen MR) is 61.5 cm³/mol. The molecule has 0 radical (unpaired) electrons. The minimum absolute atomic E-state index is 0.0346. The van der Waals surface area contributed by atoms with Crippen LogP contribution < -0.4 is 10.9 Å². The van der Waals surface area contributed by atoms with Gasteiger partial charge in [0.15, 0.2) is 0 Å². The Morgan fingerprint density at radius 2 is 2.31 bits per heavy atom. The topological polar surface area (TPSA) is 64.0 Å². The average Bonchev–Trinajstić information content (AvgIpc) is 2.21. The van der Waals surface area contributed by atoms with E-state index >= 15 is 0 Å². The summed E-state index contributed by atoms with van der Waals surface area (Å²) in [5, 5.41) is 2.73. The molecule has 5 nitrogen and oxygen atoms in total. The van der Waals surface area contributed by atoms with Crippen LogP contribution in [0.4, 0.5) is 0 Å². The molecule has 88 valence electrons. The van der Waals surface area contributed by atoms with Gasteiger partial charge < -0.3 is 5.32 Å². The Morgan fingerprint density at radius 3 is 2.88 bits per heavy atom. The van der Waals surface area contributed by atoms with E-state index in [4.69, 9.17) is 11.6 Å². The Morgan fingerprint density at radius 1 is 1.62 bits per heavy atom. The van der Waals surface area contributed by atoms with Crippen molar-refractivity contribution >= 4 is 17.5 Å². The molecule has 0 aliphatic rings. The molecular weight excluding hydrogens is 230 g/mol. The normalized spacial score (nSPS) is 10.2. The van der Waals surface area contributed by atoms with E-state index in [9.17, 15) is 9.59 Å². The van der Waals surface area contributed by atoms with Gasteiger partial charge in [-0.25, -0.2) is 4.98 Å². The zero-order valence-corrected chi connectivity index (χ0v) is 10.0. The molecule has 0 saturated heterocycles. The second-order valence-electron chi connectivity index (χ2n) is 3.39. The SMILES string of the molecule is CNC(=O)CCCn1c(C)nc(Cl)cc1=O. The van der Waals surface area contributed by atoms with Gasteiger partial charge in [-0.05, 0) is 13.3 Å². The maximum Gasteiger partial charge on any atom is 0.254 e. The summed E-state index contributed by atoms with van der Waals surface area (Å²) < 4.78 is 1.51. The number of halogens is 1. The maximum absolute atomic E-state index is 11.5. The Kier molecular flexibility index (Phi) is 4.49. The van der Waals surface area contributed by atoms with Crippen LogP contribution in [0.25, 0.3) is 0 Å². The number of aromatic nitrogens is 2. The summed E-state index contributed by atoms with van der Waals surface area (Å²) in [6, 6.07) is 1.27. The van der Waals surface area contributed by atoms with Crippen LogP contribution in [-0.4, -0.2) is 22.5 Å². The smallest absolute Gasteiger partial charge is 0.254 e. The molecule has 0 unspecified atom stereocenters. The highest BCUT2D eigenvalue weighted by Gasteiger charge is 2.04. The van der Waals surface area contributed by atoms with Crippen molar-refractivity contribution in [2.75, 3.05) is 7.05 Å². The molecule has 1 aromatic heterocycles. The fourth-order valence-electron chi connectivity index (χ4n) is 1.38. The second-order valence-corrected chi connectivity index (χ2v) is 3.78. The second kappa shape index (κ2) is 5.65. The van der Waals surface area contributed by atoms with Crippen LogP contribution in [0.1, 0.15) is 18.7 Å². The molecule has 1 amide bonds. The van der Waals surface area contributed by atoms with E-state index in [1.54, 1.807) is 14.0 Å². The lowest BCUT2D eigenvalue weighted by atomic mass is 10.3. The molecule has 0 spiro atoms. The predicted octanol–water partition coefficient (Wildman–Crippen LogP) is 0.731. The van der Waals surface area contributed by atoms with Gasteiger partial charge in [0.05, 0.1) is 0 Å². The van der Waals surface area contributed by atoms with Crippen molar-refractivity contribution < 1.29 is 4.79 Å². The molecule has 0 aliphatic heterocycles. The third-order valence-electron chi connectivity index (χ3n) is 2.23. The van der Waals surface area contributed by atoms with Crippen LogP contribution in [0.3, 0.4) is 0 Å². The van der Waals surface area contributed by atoms with E-state index < -0.39 is 0 Å². The number of amides is 1. The summed E-state index contributed by atoms with van der Waals surface area (Å²) in [5.41, 5.74) is -0.186. The van der Waals surface area contributed by atoms with Gasteiger partial charge in [-0.2, -0.15) is 0 Å². The molecule has 16 heavy (non-hydrogen) atoms. The number of nitrogens with one attached hydrogen (secondary N) is 1. The number of nitrogens with zero attached hydrogens (tertiary/aromatic N) is 2. The van der Waals surface area contributed by atoms with E-state index in [1.165, 1.54) is 10.6 Å². The van der Waals surface area contributed by atoms with Crippen molar-refractivity contribution in [1.82, 2.24) is 14.9 Å². The first-order chi connectivity index (χ1) is 7.54. The van der Waals surface area contributed by atoms with E-state index in [1.807, 2.05) is 0 Å². The van der Waals surface area contributed by atoms with E-state index in [0.717, 1.165) is 0 Å². The van der Waals surface area contributed by atoms with E-state index in [0.29, 0.717) is 25.2 Å². The summed E-state index contributed by atoms with van der Waals surface area (Å²) in [6.07, 6.45) is 0.995. The molecule has 0 atom stereocenters. The zero-order valence-electron chi connectivity index (χ0n) is 9.29. The highest BCUT2D eigenvalue weighted by molar-refractivity contribution is 6.29. The zero-order chi connectivity index (χ0) is 12.1. The Balaban J connectivity index is 2.68. The quantitative estimate of drug-likeness (QED) is 0.793. The molecule has 0 aliphatic carbocycles. The number of carbonyl (C=O) groups excluding carboxylic acids is 1. The molecule has 1 aromatic rings. The minimum Gasteiger partial charge on any atom is -0.359 e. The van der Waals surface area contributed by atoms with Gasteiger partial charge in [0.25, 0.3) is 5.56 Å². The third kappa shape index (κ3) is 3.34. The number of hydrogen-bond acceptors (Lipinski definition) is 3. The number of aryl methyl sites for hydroxylation is 1. The van der Waals surface area contributed by atoms with Crippen LogP contribution in [0.5, 0.6) is 0 Å². The minimum atomic E-state index is -0.186. The number of carbonyl (C=O) groups is 1. The van der Waals surface area contributed by atoms with Crippen molar-refractivity contribution in [3.8, 4) is 0 Å². The molecule has 1 N–H and O–H groups in total. The standard InChI is InChI=1S/C10H14ClN3O2/c1-7-13-8(11)6-10(16)14(7)5-3-4-9(15)12-2/h6H,3-5H2,1-2H3,(H,12,15). The van der Waals surface area contributed by atoms with Gasteiger partial charge in [0.2, 0.25) is 5.91 Å². The van der Waals surface area contributed by atoms with Crippen molar-refractivity contribution in [3.63, 3.8) is 0 Å². The highest BCUT2D eigenvalue weighted by Crippen LogP contribution is 2.02. The molecule has 0 fully saturated rings. The fraction of sp³-hybridized carbons (Fsp3) is 0.500. The van der Waals surface area contributed by atoms with Gasteiger partial charge in [-0.1, -0.05) is 11.6 Å². The van der Waals surface area contributed by atoms with Crippen LogP contribution in [0.2, 0.25) is 5.15 Å². The van der Waals surface area contributed by atoms with Gasteiger partial charge in [-0.3, -0.25) is 14.2 Å². The first-order valence-corrected chi connectivity index (χ1v) is 5.37. The van der Waals surface area contributed by atoms with Crippen LogP contribution in [0.15, 0.2) is 10.9 Å². The Labute approximate surface area is 98.4 Å². The van der Waals surface area contributed by atoms with E-state index in [2.05, 4.69) is 10.3 Å². The van der Waals surface area contributed by atoms with Gasteiger partial charge in [0, 0.05) is 26.1 Å². The third-order valence-corrected chi connectivity index (χ3v) is 2.43. The fourth-order valence-corrected chi connectivity index (χ4v) is 1.60.